The molecule has 0 aliphatic heterocycles. The van der Waals surface area contributed by atoms with Gasteiger partial charge in [0.1, 0.15) is 0 Å². The van der Waals surface area contributed by atoms with Crippen LogP contribution in [0.1, 0.15) is 26.2 Å². The molecule has 0 saturated heterocycles. The second-order valence-electron chi connectivity index (χ2n) is 2.28. The first-order valence-corrected chi connectivity index (χ1v) is 3.33. The zero-order valence-electron chi connectivity index (χ0n) is 4.98. The van der Waals surface area contributed by atoms with E-state index in [1.807, 2.05) is 0 Å². The fraction of sp³-hybridized carbons (Fsp3) is 0.833. The molecule has 0 aromatic rings. The summed E-state index contributed by atoms with van der Waals surface area (Å²) in [6.45, 7) is 2.14. The zero-order valence-corrected chi connectivity index (χ0v) is 5.79. The Balaban J connectivity index is 2.53. The lowest BCUT2D eigenvalue weighted by Crippen LogP contribution is -1.99. The molecule has 0 spiro atoms. The van der Waals surface area contributed by atoms with E-state index in [1.54, 1.807) is 0 Å². The average Bonchev–Trinajstić information content (AvgIpc) is 2.50. The van der Waals surface area contributed by atoms with Gasteiger partial charge in [-0.3, -0.25) is 0 Å². The molecule has 0 amide bonds. The summed E-state index contributed by atoms with van der Waals surface area (Å²) in [6, 6.07) is 0. The second-order valence-corrected chi connectivity index (χ2v) is 2.46. The van der Waals surface area contributed by atoms with Gasteiger partial charge in [-0.2, -0.15) is 0 Å². The summed E-state index contributed by atoms with van der Waals surface area (Å²) >= 11 is 4.49. The number of rotatable bonds is 2. The number of aliphatic imine (C=N–C) groups is 1. The summed E-state index contributed by atoms with van der Waals surface area (Å²) in [5, 5.41) is 2.43. The third-order valence-corrected chi connectivity index (χ3v) is 1.86. The lowest BCUT2D eigenvalue weighted by molar-refractivity contribution is 0.658. The van der Waals surface area contributed by atoms with Crippen LogP contribution in [0.25, 0.3) is 0 Å². The molecule has 8 heavy (non-hydrogen) atoms. The van der Waals surface area contributed by atoms with E-state index >= 15 is 0 Å². The van der Waals surface area contributed by atoms with Crippen molar-refractivity contribution in [3.63, 3.8) is 0 Å². The summed E-state index contributed by atoms with van der Waals surface area (Å²) in [4.78, 5) is 4.05. The summed E-state index contributed by atoms with van der Waals surface area (Å²) in [7, 11) is 0. The molecule has 0 unspecified atom stereocenters. The Bertz CT molecular complexity index is 131. The maximum Gasteiger partial charge on any atom is 0.0710 e. The Morgan fingerprint density at radius 2 is 2.38 bits per heavy atom. The minimum atomic E-state index is 0.252. The van der Waals surface area contributed by atoms with Crippen molar-refractivity contribution in [3.05, 3.63) is 0 Å². The molecule has 44 valence electrons. The van der Waals surface area contributed by atoms with E-state index in [4.69, 9.17) is 0 Å². The molecule has 1 aliphatic carbocycles. The Hall–Kier alpha value is -0.200. The number of nitrogens with zero attached hydrogens (tertiary/aromatic N) is 1. The lowest BCUT2D eigenvalue weighted by Gasteiger charge is -1.98. The molecule has 1 fully saturated rings. The Morgan fingerprint density at radius 1 is 1.75 bits per heavy atom. The smallest absolute Gasteiger partial charge is 0.0710 e. The highest BCUT2D eigenvalue weighted by Crippen LogP contribution is 2.42. The standard InChI is InChI=1S/C6H9NS/c1-2-6(3-4-6)7-5-8/h2-4H2,1H3. The van der Waals surface area contributed by atoms with Gasteiger partial charge in [0.15, 0.2) is 0 Å². The molecule has 0 bridgehead atoms. The predicted molar refractivity (Wildman–Crippen MR) is 37.3 cm³/mol. The summed E-state index contributed by atoms with van der Waals surface area (Å²) in [5.41, 5.74) is 0.252. The maximum absolute atomic E-state index is 4.49. The first-order valence-electron chi connectivity index (χ1n) is 2.92. The average molecular weight is 127 g/mol. The second kappa shape index (κ2) is 1.96. The van der Waals surface area contributed by atoms with Crippen molar-refractivity contribution in [3.8, 4) is 0 Å². The fourth-order valence-corrected chi connectivity index (χ4v) is 0.979. The van der Waals surface area contributed by atoms with Crippen LogP contribution in [0.2, 0.25) is 0 Å². The van der Waals surface area contributed by atoms with E-state index in [0.717, 1.165) is 6.42 Å². The SMILES string of the molecule is CCC1(N=C=S)CC1. The number of hydrogen-bond acceptors (Lipinski definition) is 2. The number of isothiocyanates is 1. The molecule has 1 rings (SSSR count). The van der Waals surface area contributed by atoms with Crippen LogP contribution in [0, 0.1) is 0 Å². The van der Waals surface area contributed by atoms with Crippen LogP contribution >= 0.6 is 12.2 Å². The van der Waals surface area contributed by atoms with Gasteiger partial charge >= 0.3 is 0 Å². The highest BCUT2D eigenvalue weighted by Gasteiger charge is 2.40. The summed E-state index contributed by atoms with van der Waals surface area (Å²) in [6.07, 6.45) is 3.55. The van der Waals surface area contributed by atoms with Gasteiger partial charge in [0, 0.05) is 0 Å². The molecule has 1 aliphatic rings. The largest absolute Gasteiger partial charge is 0.226 e. The van der Waals surface area contributed by atoms with Crippen LogP contribution < -0.4 is 0 Å². The van der Waals surface area contributed by atoms with Gasteiger partial charge in [-0.15, -0.1) is 0 Å². The van der Waals surface area contributed by atoms with Crippen LogP contribution in [0.3, 0.4) is 0 Å². The van der Waals surface area contributed by atoms with Gasteiger partial charge in [0.05, 0.1) is 10.7 Å². The van der Waals surface area contributed by atoms with Crippen molar-refractivity contribution in [2.75, 3.05) is 0 Å². The first kappa shape index (κ1) is 5.93. The first-order chi connectivity index (χ1) is 3.83. The Kier molecular flexibility index (Phi) is 1.45. The summed E-state index contributed by atoms with van der Waals surface area (Å²) in [5.74, 6) is 0. The van der Waals surface area contributed by atoms with Gasteiger partial charge in [0.2, 0.25) is 0 Å². The molecule has 1 saturated carbocycles. The molecule has 2 heteroatoms. The molecular formula is C6H9NS. The van der Waals surface area contributed by atoms with Crippen molar-refractivity contribution in [1.29, 1.82) is 0 Å². The molecule has 0 radical (unpaired) electrons. The Labute approximate surface area is 54.8 Å². The van der Waals surface area contributed by atoms with Gasteiger partial charge in [-0.25, -0.2) is 4.99 Å². The summed E-state index contributed by atoms with van der Waals surface area (Å²) < 4.78 is 0. The van der Waals surface area contributed by atoms with Crippen LogP contribution in [0.4, 0.5) is 0 Å². The van der Waals surface area contributed by atoms with Crippen LogP contribution in [0.15, 0.2) is 4.99 Å². The quantitative estimate of drug-likeness (QED) is 0.408. The van der Waals surface area contributed by atoms with Gasteiger partial charge in [0.25, 0.3) is 0 Å². The Morgan fingerprint density at radius 3 is 2.50 bits per heavy atom. The molecular weight excluding hydrogens is 118 g/mol. The normalized spacial score (nSPS) is 21.6. The zero-order chi connectivity index (χ0) is 6.04. The van der Waals surface area contributed by atoms with Crippen molar-refractivity contribution < 1.29 is 0 Å². The predicted octanol–water partition coefficient (Wildman–Crippen LogP) is 2.03. The van der Waals surface area contributed by atoms with E-state index in [1.165, 1.54) is 12.8 Å². The van der Waals surface area contributed by atoms with E-state index in [-0.39, 0.29) is 5.54 Å². The molecule has 0 aromatic heterocycles. The van der Waals surface area contributed by atoms with Gasteiger partial charge in [-0.05, 0) is 31.5 Å². The molecule has 0 atom stereocenters. The van der Waals surface area contributed by atoms with E-state index in [2.05, 4.69) is 29.3 Å². The van der Waals surface area contributed by atoms with Crippen molar-refractivity contribution in [2.24, 2.45) is 4.99 Å². The lowest BCUT2D eigenvalue weighted by atomic mass is 10.2. The van der Waals surface area contributed by atoms with E-state index in [0.29, 0.717) is 0 Å². The van der Waals surface area contributed by atoms with Gasteiger partial charge in [-0.1, -0.05) is 6.92 Å². The highest BCUT2D eigenvalue weighted by molar-refractivity contribution is 7.78. The van der Waals surface area contributed by atoms with Crippen molar-refractivity contribution >= 4 is 17.4 Å². The maximum atomic E-state index is 4.49. The topological polar surface area (TPSA) is 12.4 Å². The van der Waals surface area contributed by atoms with Crippen LogP contribution in [-0.2, 0) is 0 Å². The van der Waals surface area contributed by atoms with Crippen LogP contribution in [0.5, 0.6) is 0 Å². The monoisotopic (exact) mass is 127 g/mol. The number of thiocarbonyl (C=S) groups is 1. The van der Waals surface area contributed by atoms with Crippen molar-refractivity contribution in [2.45, 2.75) is 31.7 Å². The minimum Gasteiger partial charge on any atom is -0.226 e. The molecule has 0 heterocycles. The highest BCUT2D eigenvalue weighted by atomic mass is 32.1. The third kappa shape index (κ3) is 0.960. The fourth-order valence-electron chi connectivity index (χ4n) is 0.786. The van der Waals surface area contributed by atoms with Crippen LogP contribution in [-0.4, -0.2) is 10.7 Å². The third-order valence-electron chi connectivity index (χ3n) is 1.77. The molecule has 1 nitrogen and oxygen atoms in total. The number of hydrogen-bond donors (Lipinski definition) is 0. The van der Waals surface area contributed by atoms with E-state index in [9.17, 15) is 0 Å². The van der Waals surface area contributed by atoms with E-state index < -0.39 is 0 Å². The molecule has 0 aromatic carbocycles. The molecule has 0 N–H and O–H groups in total. The van der Waals surface area contributed by atoms with Crippen molar-refractivity contribution in [1.82, 2.24) is 0 Å². The van der Waals surface area contributed by atoms with Gasteiger partial charge < -0.3 is 0 Å². The minimum absolute atomic E-state index is 0.252.